The number of carbonyl (C=O) groups excluding carboxylic acids is 1. The van der Waals surface area contributed by atoms with Crippen molar-refractivity contribution in [2.45, 2.75) is 62.5 Å². The minimum atomic E-state index is -1.77. The van der Waals surface area contributed by atoms with Crippen molar-refractivity contribution in [1.29, 1.82) is 0 Å². The first-order valence-corrected chi connectivity index (χ1v) is 19.1. The number of fused-ring (bicyclic) bond motifs is 1. The molecule has 0 unspecified atom stereocenters. The third-order valence-corrected chi connectivity index (χ3v) is 11.3. The Balaban J connectivity index is 0.00000175. The van der Waals surface area contributed by atoms with Gasteiger partial charge in [0.05, 0.1) is 28.0 Å². The van der Waals surface area contributed by atoms with Crippen LogP contribution in [0.2, 0.25) is 0 Å². The molecule has 0 bridgehead atoms. The van der Waals surface area contributed by atoms with Gasteiger partial charge in [0, 0.05) is 37.1 Å². The predicted octanol–water partition coefficient (Wildman–Crippen LogP) is 5.37. The molecule has 0 amide bonds. The quantitative estimate of drug-likeness (QED) is 0.0458. The number of carbonyl (C=O) groups is 2. The summed E-state index contributed by atoms with van der Waals surface area (Å²) in [7, 11) is 2.13. The van der Waals surface area contributed by atoms with Gasteiger partial charge in [-0.25, -0.2) is 4.79 Å². The third-order valence-electron chi connectivity index (χ3n) is 9.37. The summed E-state index contributed by atoms with van der Waals surface area (Å²) in [6.45, 7) is 2.09. The molecule has 6 N–H and O–H groups in total. The molecule has 6 rings (SSSR count). The van der Waals surface area contributed by atoms with Gasteiger partial charge in [0.25, 0.3) is 6.47 Å². The number of nitrogens with one attached hydrogen (secondary N) is 2. The molecule has 2 aromatic carbocycles. The number of phenols is 1. The van der Waals surface area contributed by atoms with E-state index in [4.69, 9.17) is 19.4 Å². The number of aliphatic hydroxyl groups excluding tert-OH is 1. The van der Waals surface area contributed by atoms with E-state index in [0.29, 0.717) is 52.0 Å². The summed E-state index contributed by atoms with van der Waals surface area (Å²) in [5.41, 5.74) is -0.0989. The van der Waals surface area contributed by atoms with Crippen LogP contribution < -0.4 is 15.6 Å². The summed E-state index contributed by atoms with van der Waals surface area (Å²) in [6, 6.07) is 21.6. The predicted molar refractivity (Wildman–Crippen MR) is 205 cm³/mol. The Labute approximate surface area is 315 Å². The minimum Gasteiger partial charge on any atom is -0.506 e. The van der Waals surface area contributed by atoms with E-state index in [1.165, 1.54) is 34.8 Å². The van der Waals surface area contributed by atoms with Crippen molar-refractivity contribution in [2.75, 3.05) is 26.7 Å². The maximum atomic E-state index is 13.3. The number of carboxylic acid groups (broad SMARTS) is 1. The van der Waals surface area contributed by atoms with Crippen molar-refractivity contribution >= 4 is 46.0 Å². The molecular weight excluding hydrogens is 719 g/mol. The van der Waals surface area contributed by atoms with Crippen LogP contribution in [0.4, 0.5) is 0 Å². The van der Waals surface area contributed by atoms with Crippen molar-refractivity contribution in [2.24, 2.45) is 0 Å². The average Bonchev–Trinajstić information content (AvgIpc) is 3.91. The number of rotatable bonds is 15. The molecule has 12 nitrogen and oxygen atoms in total. The fourth-order valence-electron chi connectivity index (χ4n) is 6.53. The number of aromatic nitrogens is 1. The number of pyridine rings is 1. The Morgan fingerprint density at radius 1 is 1.02 bits per heavy atom. The number of aliphatic hydroxyl groups is 2. The van der Waals surface area contributed by atoms with Gasteiger partial charge in [0.1, 0.15) is 17.6 Å². The van der Waals surface area contributed by atoms with E-state index in [2.05, 4.69) is 22.2 Å². The van der Waals surface area contributed by atoms with Crippen LogP contribution in [0.25, 0.3) is 10.9 Å². The monoisotopic (exact) mass is 763 g/mol. The van der Waals surface area contributed by atoms with Crippen LogP contribution >= 0.6 is 22.7 Å². The van der Waals surface area contributed by atoms with Crippen LogP contribution in [-0.2, 0) is 26.5 Å². The average molecular weight is 764 g/mol. The molecule has 1 aliphatic carbocycles. The van der Waals surface area contributed by atoms with Gasteiger partial charge in [-0.1, -0.05) is 30.3 Å². The zero-order valence-electron chi connectivity index (χ0n) is 29.4. The smallest absolute Gasteiger partial charge is 0.349 e. The van der Waals surface area contributed by atoms with Crippen molar-refractivity contribution in [3.63, 3.8) is 0 Å². The first-order chi connectivity index (χ1) is 25.6. The Kier molecular flexibility index (Phi) is 14.2. The second-order valence-corrected chi connectivity index (χ2v) is 14.8. The number of ether oxygens (including phenoxy) is 2. The van der Waals surface area contributed by atoms with Crippen LogP contribution in [0.5, 0.6) is 11.5 Å². The number of aromatic hydroxyl groups is 1. The summed E-state index contributed by atoms with van der Waals surface area (Å²) in [5, 5.41) is 46.9. The molecular formula is C39H45N3O9S2. The van der Waals surface area contributed by atoms with E-state index >= 15 is 0 Å². The minimum absolute atomic E-state index is 0.0359. The van der Waals surface area contributed by atoms with Gasteiger partial charge < -0.3 is 45.1 Å². The molecule has 1 saturated carbocycles. The molecule has 0 aliphatic heterocycles. The first kappa shape index (κ1) is 39.6. The molecule has 3 heterocycles. The van der Waals surface area contributed by atoms with Gasteiger partial charge >= 0.3 is 5.97 Å². The summed E-state index contributed by atoms with van der Waals surface area (Å²) in [4.78, 5) is 39.5. The Morgan fingerprint density at radius 2 is 1.68 bits per heavy atom. The number of hydrogen-bond acceptors (Lipinski definition) is 12. The molecule has 282 valence electrons. The SMILES string of the molecule is CN(CCCOc1ccc(CNC[C@H](O)c2ccc(O)c3[nH]c(=O)ccc23)cc1)C1CCC(OC(=O)C(O)(c2cccs2)c2cccs2)CC1.O=CO. The van der Waals surface area contributed by atoms with Crippen LogP contribution in [0.15, 0.2) is 88.4 Å². The number of H-pyrrole nitrogens is 1. The lowest BCUT2D eigenvalue weighted by atomic mass is 9.91. The Hall–Kier alpha value is -4.57. The lowest BCUT2D eigenvalue weighted by Crippen LogP contribution is -2.42. The van der Waals surface area contributed by atoms with Gasteiger partial charge in [-0.15, -0.1) is 22.7 Å². The molecule has 14 heteroatoms. The van der Waals surface area contributed by atoms with E-state index in [1.54, 1.807) is 24.3 Å². The van der Waals surface area contributed by atoms with Crippen LogP contribution in [-0.4, -0.2) is 81.6 Å². The fraction of sp³-hybridized carbons (Fsp3) is 0.359. The lowest BCUT2D eigenvalue weighted by molar-refractivity contribution is -0.169. The number of phenolic OH excluding ortho intramolecular Hbond substituents is 1. The van der Waals surface area contributed by atoms with Gasteiger partial charge in [-0.2, -0.15) is 0 Å². The number of thiophene rings is 2. The molecule has 0 spiro atoms. The highest BCUT2D eigenvalue weighted by atomic mass is 32.1. The molecule has 1 aliphatic rings. The molecule has 5 aromatic rings. The second-order valence-electron chi connectivity index (χ2n) is 12.9. The van der Waals surface area contributed by atoms with Gasteiger partial charge in [-0.05, 0) is 97.4 Å². The first-order valence-electron chi connectivity index (χ1n) is 17.4. The Bertz CT molecular complexity index is 1910. The zero-order chi connectivity index (χ0) is 37.8. The highest BCUT2D eigenvalue weighted by Gasteiger charge is 2.45. The summed E-state index contributed by atoms with van der Waals surface area (Å²) < 4.78 is 11.9. The van der Waals surface area contributed by atoms with Gasteiger partial charge in [-0.3, -0.25) is 9.59 Å². The third kappa shape index (κ3) is 10.1. The number of esters is 1. The molecule has 53 heavy (non-hydrogen) atoms. The van der Waals surface area contributed by atoms with Crippen LogP contribution in [0.1, 0.15) is 59.1 Å². The van der Waals surface area contributed by atoms with Crippen molar-refractivity contribution in [3.05, 3.63) is 115 Å². The molecule has 1 atom stereocenters. The largest absolute Gasteiger partial charge is 0.506 e. The second kappa shape index (κ2) is 19.0. The topological polar surface area (TPSA) is 182 Å². The number of benzene rings is 2. The van der Waals surface area contributed by atoms with Crippen molar-refractivity contribution in [1.82, 2.24) is 15.2 Å². The summed E-state index contributed by atoms with van der Waals surface area (Å²) >= 11 is 2.70. The van der Waals surface area contributed by atoms with Crippen LogP contribution in [0, 0.1) is 0 Å². The fourth-order valence-corrected chi connectivity index (χ4v) is 8.25. The van der Waals surface area contributed by atoms with E-state index < -0.39 is 17.7 Å². The van der Waals surface area contributed by atoms with E-state index in [0.717, 1.165) is 50.0 Å². The molecule has 0 saturated heterocycles. The normalized spacial score (nSPS) is 16.5. The van der Waals surface area contributed by atoms with Crippen LogP contribution in [0.3, 0.4) is 0 Å². The van der Waals surface area contributed by atoms with Gasteiger partial charge in [0.2, 0.25) is 11.2 Å². The maximum Gasteiger partial charge on any atom is 0.349 e. The highest BCUT2D eigenvalue weighted by molar-refractivity contribution is 7.12. The van der Waals surface area contributed by atoms with E-state index in [9.17, 15) is 24.9 Å². The maximum absolute atomic E-state index is 13.3. The highest BCUT2D eigenvalue weighted by Crippen LogP contribution is 2.38. The number of hydrogen-bond donors (Lipinski definition) is 6. The number of nitrogens with zero attached hydrogens (tertiary/aromatic N) is 1. The Morgan fingerprint density at radius 3 is 2.30 bits per heavy atom. The molecule has 3 aromatic heterocycles. The van der Waals surface area contributed by atoms with Crippen molar-refractivity contribution in [3.8, 4) is 11.5 Å². The van der Waals surface area contributed by atoms with Crippen molar-refractivity contribution < 1.29 is 39.5 Å². The lowest BCUT2D eigenvalue weighted by Gasteiger charge is -2.35. The number of aromatic amines is 1. The summed E-state index contributed by atoms with van der Waals surface area (Å²) in [5.74, 6) is 0.166. The zero-order valence-corrected chi connectivity index (χ0v) is 31.0. The van der Waals surface area contributed by atoms with E-state index in [1.807, 2.05) is 47.2 Å². The summed E-state index contributed by atoms with van der Waals surface area (Å²) in [6.07, 6.45) is 3.21. The van der Waals surface area contributed by atoms with E-state index in [-0.39, 0.29) is 23.9 Å². The van der Waals surface area contributed by atoms with Gasteiger partial charge in [0.15, 0.2) is 0 Å². The molecule has 0 radical (unpaired) electrons. The standard InChI is InChI=1S/C38H43N3O7S2.CH2O2/c1-41(26-9-13-28(14-10-26)48-37(45)38(46,33-5-2-21-49-33)34-6-3-22-50-34)19-4-20-47-27-11-7-25(8-12-27)23-39-24-32(43)29-15-17-31(42)36-30(29)16-18-35(44)40-36;2-1-3/h2-3,5-8,11-12,15-18,21-22,26,28,32,39,42-43,46H,4,9-10,13-14,19-20,23-24H2,1H3,(H,40,44);1H,(H,2,3)/t26?,28?,32-;/m0./s1. The molecule has 1 fully saturated rings.